The molecule has 0 amide bonds. The van der Waals surface area contributed by atoms with E-state index in [1.165, 1.54) is 5.56 Å². The fraction of sp³-hybridized carbons (Fsp3) is 0.393. The molecule has 1 saturated heterocycles. The van der Waals surface area contributed by atoms with Crippen LogP contribution in [0.4, 0.5) is 5.82 Å². The van der Waals surface area contributed by atoms with Gasteiger partial charge < -0.3 is 10.2 Å². The Balaban J connectivity index is 1.38. The molecular weight excluding hydrogens is 516 g/mol. The highest BCUT2D eigenvalue weighted by Crippen LogP contribution is 2.39. The number of hydrogen-bond acceptors (Lipinski definition) is 8. The first-order chi connectivity index (χ1) is 18.3. The van der Waals surface area contributed by atoms with Gasteiger partial charge >= 0.3 is 0 Å². The number of sulfonamides is 1. The highest BCUT2D eigenvalue weighted by molar-refractivity contribution is 7.89. The molecule has 6 rings (SSSR count). The Labute approximate surface area is 227 Å². The summed E-state index contributed by atoms with van der Waals surface area (Å²) in [6, 6.07) is 9.95. The fourth-order valence-electron chi connectivity index (χ4n) is 5.84. The molecule has 0 aliphatic carbocycles. The first-order valence-electron chi connectivity index (χ1n) is 13.1. The van der Waals surface area contributed by atoms with Crippen molar-refractivity contribution in [1.29, 1.82) is 0 Å². The van der Waals surface area contributed by atoms with Gasteiger partial charge in [-0.05, 0) is 92.7 Å². The number of piperidine rings is 1. The van der Waals surface area contributed by atoms with Crippen LogP contribution in [0, 0.1) is 6.92 Å². The van der Waals surface area contributed by atoms with Gasteiger partial charge in [0.25, 0.3) is 0 Å². The Morgan fingerprint density at radius 1 is 1.13 bits per heavy atom. The number of rotatable bonds is 5. The summed E-state index contributed by atoms with van der Waals surface area (Å²) in [6.07, 6.45) is 6.00. The van der Waals surface area contributed by atoms with Crippen molar-refractivity contribution >= 4 is 38.1 Å². The van der Waals surface area contributed by atoms with Gasteiger partial charge in [0.1, 0.15) is 12.1 Å². The van der Waals surface area contributed by atoms with E-state index in [2.05, 4.69) is 46.2 Å². The van der Waals surface area contributed by atoms with Crippen molar-refractivity contribution in [2.75, 3.05) is 31.6 Å². The maximum Gasteiger partial charge on any atom is 0.243 e. The third kappa shape index (κ3) is 4.39. The number of aromatic nitrogens is 3. The van der Waals surface area contributed by atoms with E-state index in [1.54, 1.807) is 35.1 Å². The molecule has 2 aliphatic rings. The average molecular weight is 549 g/mol. The SMILES string of the molecule is Cc1cc(-c2cncs2)cc2c(N3CCc4ccc(S(=O)(=O)N(C)C5CCNCC5)cc4C3C)ncnc12. The summed E-state index contributed by atoms with van der Waals surface area (Å²) in [4.78, 5) is 17.4. The maximum atomic E-state index is 13.6. The molecule has 8 nitrogen and oxygen atoms in total. The summed E-state index contributed by atoms with van der Waals surface area (Å²) in [5, 5.41) is 4.32. The molecule has 10 heteroatoms. The minimum Gasteiger partial charge on any atom is -0.349 e. The Bertz CT molecular complexity index is 1580. The van der Waals surface area contributed by atoms with Crippen LogP contribution in [0.1, 0.15) is 42.5 Å². The van der Waals surface area contributed by atoms with Gasteiger partial charge in [0, 0.05) is 31.2 Å². The number of anilines is 1. The van der Waals surface area contributed by atoms with Gasteiger partial charge in [-0.3, -0.25) is 4.98 Å². The molecule has 4 aromatic rings. The van der Waals surface area contributed by atoms with Gasteiger partial charge in [-0.25, -0.2) is 18.4 Å². The first-order valence-corrected chi connectivity index (χ1v) is 15.4. The quantitative estimate of drug-likeness (QED) is 0.391. The van der Waals surface area contributed by atoms with E-state index in [0.717, 1.165) is 77.2 Å². The Hall–Kier alpha value is -2.92. The van der Waals surface area contributed by atoms with Gasteiger partial charge in [0.05, 0.1) is 26.8 Å². The molecular formula is C28H32N6O2S2. The van der Waals surface area contributed by atoms with Gasteiger partial charge in [-0.2, -0.15) is 4.31 Å². The summed E-state index contributed by atoms with van der Waals surface area (Å²) >= 11 is 1.61. The largest absolute Gasteiger partial charge is 0.349 e. The smallest absolute Gasteiger partial charge is 0.243 e. The molecule has 198 valence electrons. The van der Waals surface area contributed by atoms with Crippen molar-refractivity contribution in [3.8, 4) is 10.4 Å². The van der Waals surface area contributed by atoms with Crippen molar-refractivity contribution in [2.24, 2.45) is 0 Å². The predicted molar refractivity (Wildman–Crippen MR) is 152 cm³/mol. The summed E-state index contributed by atoms with van der Waals surface area (Å²) in [5.74, 6) is 0.877. The van der Waals surface area contributed by atoms with E-state index < -0.39 is 10.0 Å². The lowest BCUT2D eigenvalue weighted by Gasteiger charge is -2.37. The molecule has 1 N–H and O–H groups in total. The van der Waals surface area contributed by atoms with E-state index in [0.29, 0.717) is 4.90 Å². The molecule has 2 aliphatic heterocycles. The molecule has 2 aromatic carbocycles. The van der Waals surface area contributed by atoms with E-state index in [4.69, 9.17) is 4.98 Å². The number of nitrogens with zero attached hydrogens (tertiary/aromatic N) is 5. The second kappa shape index (κ2) is 10.00. The fourth-order valence-corrected chi connectivity index (χ4v) is 7.90. The lowest BCUT2D eigenvalue weighted by Crippen LogP contribution is -2.44. The van der Waals surface area contributed by atoms with Crippen LogP contribution < -0.4 is 10.2 Å². The zero-order chi connectivity index (χ0) is 26.4. The molecule has 1 fully saturated rings. The normalized spacial score (nSPS) is 18.7. The highest BCUT2D eigenvalue weighted by Gasteiger charge is 2.32. The van der Waals surface area contributed by atoms with Crippen LogP contribution in [-0.4, -0.2) is 60.4 Å². The Morgan fingerprint density at radius 2 is 1.95 bits per heavy atom. The number of benzene rings is 2. The van der Waals surface area contributed by atoms with Crippen LogP contribution in [0.2, 0.25) is 0 Å². The summed E-state index contributed by atoms with van der Waals surface area (Å²) in [5.41, 5.74) is 7.20. The Morgan fingerprint density at radius 3 is 2.71 bits per heavy atom. The summed E-state index contributed by atoms with van der Waals surface area (Å²) in [6.45, 7) is 6.70. The topological polar surface area (TPSA) is 91.3 Å². The molecule has 0 spiro atoms. The second-order valence-corrected chi connectivity index (χ2v) is 13.1. The molecule has 2 aromatic heterocycles. The zero-order valence-electron chi connectivity index (χ0n) is 21.9. The third-order valence-corrected chi connectivity index (χ3v) is 10.8. The van der Waals surface area contributed by atoms with Crippen molar-refractivity contribution in [3.63, 3.8) is 0 Å². The van der Waals surface area contributed by atoms with Crippen LogP contribution in [0.3, 0.4) is 0 Å². The molecule has 0 bridgehead atoms. The third-order valence-electron chi connectivity index (χ3n) is 8.05. The number of fused-ring (bicyclic) bond motifs is 2. The minimum absolute atomic E-state index is 0.0227. The summed E-state index contributed by atoms with van der Waals surface area (Å²) in [7, 11) is -1.87. The van der Waals surface area contributed by atoms with Crippen LogP contribution in [-0.2, 0) is 16.4 Å². The van der Waals surface area contributed by atoms with Gasteiger partial charge in [0.2, 0.25) is 10.0 Å². The molecule has 4 heterocycles. The van der Waals surface area contributed by atoms with Crippen LogP contribution in [0.15, 0.2) is 53.3 Å². The van der Waals surface area contributed by atoms with Crippen LogP contribution >= 0.6 is 11.3 Å². The van der Waals surface area contributed by atoms with E-state index in [1.807, 2.05) is 23.8 Å². The molecule has 1 unspecified atom stereocenters. The lowest BCUT2D eigenvalue weighted by molar-refractivity contribution is 0.296. The van der Waals surface area contributed by atoms with Gasteiger partial charge in [-0.1, -0.05) is 6.07 Å². The van der Waals surface area contributed by atoms with Crippen LogP contribution in [0.5, 0.6) is 0 Å². The molecule has 1 atom stereocenters. The van der Waals surface area contributed by atoms with Gasteiger partial charge in [0.15, 0.2) is 0 Å². The van der Waals surface area contributed by atoms with E-state index in [-0.39, 0.29) is 12.1 Å². The maximum absolute atomic E-state index is 13.6. The Kier molecular flexibility index (Phi) is 6.67. The van der Waals surface area contributed by atoms with E-state index >= 15 is 0 Å². The van der Waals surface area contributed by atoms with Gasteiger partial charge in [-0.15, -0.1) is 11.3 Å². The van der Waals surface area contributed by atoms with Crippen LogP contribution in [0.25, 0.3) is 21.3 Å². The summed E-state index contributed by atoms with van der Waals surface area (Å²) < 4.78 is 28.8. The monoisotopic (exact) mass is 548 g/mol. The standard InChI is InChI=1S/C28H32N6O2S2/c1-18-12-21(26-15-30-17-37-26)13-25-27(18)31-16-32-28(25)34-11-8-20-4-5-23(14-24(20)19(34)2)38(35,36)33(3)22-6-9-29-10-7-22/h4-5,12-17,19,22,29H,6-11H2,1-3H3. The second-order valence-electron chi connectivity index (χ2n) is 10.2. The highest BCUT2D eigenvalue weighted by atomic mass is 32.2. The van der Waals surface area contributed by atoms with Crippen molar-refractivity contribution in [1.82, 2.24) is 24.6 Å². The molecule has 38 heavy (non-hydrogen) atoms. The number of nitrogens with one attached hydrogen (secondary N) is 1. The van der Waals surface area contributed by atoms with Crippen molar-refractivity contribution in [2.45, 2.75) is 50.1 Å². The number of hydrogen-bond donors (Lipinski definition) is 1. The van der Waals surface area contributed by atoms with Crippen molar-refractivity contribution in [3.05, 3.63) is 65.1 Å². The minimum atomic E-state index is -3.59. The number of thiazole rings is 1. The molecule has 0 radical (unpaired) electrons. The number of aryl methyl sites for hydroxylation is 1. The van der Waals surface area contributed by atoms with E-state index in [9.17, 15) is 8.42 Å². The van der Waals surface area contributed by atoms with Crippen molar-refractivity contribution < 1.29 is 8.42 Å². The molecule has 0 saturated carbocycles. The average Bonchev–Trinajstić information content (AvgIpc) is 3.48. The predicted octanol–water partition coefficient (Wildman–Crippen LogP) is 4.56. The first kappa shape index (κ1) is 25.4. The lowest BCUT2D eigenvalue weighted by atomic mass is 9.93. The zero-order valence-corrected chi connectivity index (χ0v) is 23.5.